The summed E-state index contributed by atoms with van der Waals surface area (Å²) in [6.45, 7) is 2.75. The van der Waals surface area contributed by atoms with Gasteiger partial charge in [0.2, 0.25) is 0 Å². The lowest BCUT2D eigenvalue weighted by molar-refractivity contribution is 0.337. The fourth-order valence-corrected chi connectivity index (χ4v) is 2.81. The molecule has 1 unspecified atom stereocenters. The van der Waals surface area contributed by atoms with E-state index in [4.69, 9.17) is 0 Å². The predicted octanol–water partition coefficient (Wildman–Crippen LogP) is 1.93. The Kier molecular flexibility index (Phi) is 4.00. The van der Waals surface area contributed by atoms with Gasteiger partial charge in [-0.1, -0.05) is 12.8 Å². The molecule has 1 saturated carbocycles. The zero-order chi connectivity index (χ0) is 12.3. The van der Waals surface area contributed by atoms with Gasteiger partial charge in [0.15, 0.2) is 0 Å². The fraction of sp³-hybridized carbons (Fsp3) is 0.643. The van der Waals surface area contributed by atoms with Gasteiger partial charge >= 0.3 is 0 Å². The summed E-state index contributed by atoms with van der Waals surface area (Å²) < 4.78 is 1.83. The van der Waals surface area contributed by atoms with E-state index in [-0.39, 0.29) is 5.56 Å². The Labute approximate surface area is 103 Å². The molecule has 0 aliphatic heterocycles. The minimum Gasteiger partial charge on any atom is -0.315 e. The highest BCUT2D eigenvalue weighted by Gasteiger charge is 2.24. The zero-order valence-corrected chi connectivity index (χ0v) is 10.8. The molecule has 3 heteroatoms. The maximum Gasteiger partial charge on any atom is 0.250 e. The number of hydrogen-bond acceptors (Lipinski definition) is 2. The monoisotopic (exact) mass is 234 g/mol. The molecule has 1 fully saturated rings. The first-order chi connectivity index (χ1) is 8.20. The van der Waals surface area contributed by atoms with Crippen molar-refractivity contribution in [1.29, 1.82) is 0 Å². The third-order valence-corrected chi connectivity index (χ3v) is 3.88. The number of aryl methyl sites for hydroxylation is 1. The van der Waals surface area contributed by atoms with Gasteiger partial charge in [-0.25, -0.2) is 0 Å². The Bertz CT molecular complexity index is 418. The summed E-state index contributed by atoms with van der Waals surface area (Å²) in [7, 11) is 2.00. The fourth-order valence-electron chi connectivity index (χ4n) is 2.81. The summed E-state index contributed by atoms with van der Waals surface area (Å²) in [5, 5.41) is 3.37. The Balaban J connectivity index is 2.09. The van der Waals surface area contributed by atoms with Crippen molar-refractivity contribution in [2.24, 2.45) is 5.92 Å². The normalized spacial score (nSPS) is 18.5. The molecule has 1 aliphatic carbocycles. The van der Waals surface area contributed by atoms with Gasteiger partial charge in [-0.15, -0.1) is 0 Å². The van der Waals surface area contributed by atoms with E-state index in [2.05, 4.69) is 5.32 Å². The molecule has 1 N–H and O–H groups in total. The van der Waals surface area contributed by atoms with Crippen LogP contribution in [0.25, 0.3) is 0 Å². The number of aromatic nitrogens is 1. The van der Waals surface area contributed by atoms with E-state index < -0.39 is 0 Å². The van der Waals surface area contributed by atoms with Crippen LogP contribution in [0.1, 0.15) is 31.2 Å². The summed E-state index contributed by atoms with van der Waals surface area (Å²) in [6.07, 6.45) is 7.19. The van der Waals surface area contributed by atoms with Crippen molar-refractivity contribution < 1.29 is 0 Å². The Morgan fingerprint density at radius 3 is 2.76 bits per heavy atom. The SMILES string of the molecule is CNC(Cn1ccc(C)cc1=O)C1CCCC1. The minimum atomic E-state index is 0.114. The van der Waals surface area contributed by atoms with Crippen molar-refractivity contribution in [2.75, 3.05) is 7.05 Å². The first-order valence-electron chi connectivity index (χ1n) is 6.55. The molecule has 2 rings (SSSR count). The van der Waals surface area contributed by atoms with Crippen LogP contribution in [0, 0.1) is 12.8 Å². The number of pyridine rings is 1. The van der Waals surface area contributed by atoms with Gasteiger partial charge in [-0.3, -0.25) is 4.79 Å². The van der Waals surface area contributed by atoms with Crippen LogP contribution in [0.15, 0.2) is 23.1 Å². The van der Waals surface area contributed by atoms with Gasteiger partial charge < -0.3 is 9.88 Å². The molecule has 0 saturated heterocycles. The van der Waals surface area contributed by atoms with Crippen molar-refractivity contribution in [3.63, 3.8) is 0 Å². The van der Waals surface area contributed by atoms with Crippen LogP contribution in [0.3, 0.4) is 0 Å². The maximum absolute atomic E-state index is 11.8. The Hall–Kier alpha value is -1.09. The average molecular weight is 234 g/mol. The van der Waals surface area contributed by atoms with E-state index in [9.17, 15) is 4.79 Å². The third kappa shape index (κ3) is 2.97. The Morgan fingerprint density at radius 1 is 1.47 bits per heavy atom. The van der Waals surface area contributed by atoms with Crippen molar-refractivity contribution in [2.45, 2.75) is 45.2 Å². The van der Waals surface area contributed by atoms with E-state index in [1.165, 1.54) is 25.7 Å². The maximum atomic E-state index is 11.8. The van der Waals surface area contributed by atoms with E-state index in [0.29, 0.717) is 6.04 Å². The van der Waals surface area contributed by atoms with Gasteiger partial charge in [-0.2, -0.15) is 0 Å². The van der Waals surface area contributed by atoms with Crippen molar-refractivity contribution in [3.8, 4) is 0 Å². The van der Waals surface area contributed by atoms with Crippen molar-refractivity contribution in [3.05, 3.63) is 34.2 Å². The summed E-state index contributed by atoms with van der Waals surface area (Å²) in [6, 6.07) is 4.14. The molecule has 0 bridgehead atoms. The predicted molar refractivity (Wildman–Crippen MR) is 70.2 cm³/mol. The van der Waals surface area contributed by atoms with Crippen LogP contribution < -0.4 is 10.9 Å². The summed E-state index contributed by atoms with van der Waals surface area (Å²) in [4.78, 5) is 11.8. The molecule has 0 aromatic carbocycles. The molecule has 1 heterocycles. The van der Waals surface area contributed by atoms with E-state index >= 15 is 0 Å². The Morgan fingerprint density at radius 2 is 2.18 bits per heavy atom. The van der Waals surface area contributed by atoms with E-state index in [1.54, 1.807) is 6.07 Å². The first kappa shape index (κ1) is 12.4. The third-order valence-electron chi connectivity index (χ3n) is 3.88. The molecule has 0 radical (unpaired) electrons. The van der Waals surface area contributed by atoms with Gasteiger partial charge in [0.25, 0.3) is 5.56 Å². The molecule has 0 spiro atoms. The molecule has 1 aliphatic rings. The van der Waals surface area contributed by atoms with Crippen LogP contribution in [0.2, 0.25) is 0 Å². The molecular formula is C14H22N2O. The largest absolute Gasteiger partial charge is 0.315 e. The topological polar surface area (TPSA) is 34.0 Å². The molecule has 0 amide bonds. The van der Waals surface area contributed by atoms with Crippen LogP contribution in [-0.4, -0.2) is 17.7 Å². The van der Waals surface area contributed by atoms with Crippen LogP contribution in [0.5, 0.6) is 0 Å². The van der Waals surface area contributed by atoms with E-state index in [1.807, 2.05) is 30.8 Å². The smallest absolute Gasteiger partial charge is 0.250 e. The molecular weight excluding hydrogens is 212 g/mol. The average Bonchev–Trinajstić information content (AvgIpc) is 2.81. The quantitative estimate of drug-likeness (QED) is 0.864. The molecule has 1 aromatic rings. The second-order valence-electron chi connectivity index (χ2n) is 5.13. The molecule has 94 valence electrons. The van der Waals surface area contributed by atoms with Crippen LogP contribution >= 0.6 is 0 Å². The highest BCUT2D eigenvalue weighted by Crippen LogP contribution is 2.28. The van der Waals surface area contributed by atoms with Gasteiger partial charge in [0.05, 0.1) is 0 Å². The molecule has 1 atom stereocenters. The van der Waals surface area contributed by atoms with Crippen LogP contribution in [0.4, 0.5) is 0 Å². The molecule has 3 nitrogen and oxygen atoms in total. The number of hydrogen-bond donors (Lipinski definition) is 1. The van der Waals surface area contributed by atoms with E-state index in [0.717, 1.165) is 18.0 Å². The second kappa shape index (κ2) is 5.50. The second-order valence-corrected chi connectivity index (χ2v) is 5.13. The summed E-state index contributed by atoms with van der Waals surface area (Å²) >= 11 is 0. The molecule has 1 aromatic heterocycles. The number of nitrogens with one attached hydrogen (secondary N) is 1. The lowest BCUT2D eigenvalue weighted by Gasteiger charge is -2.23. The number of likely N-dealkylation sites (N-methyl/N-ethyl adjacent to an activating group) is 1. The lowest BCUT2D eigenvalue weighted by atomic mass is 9.98. The summed E-state index contributed by atoms with van der Waals surface area (Å²) in [5.41, 5.74) is 1.15. The number of rotatable bonds is 4. The lowest BCUT2D eigenvalue weighted by Crippen LogP contribution is -2.39. The van der Waals surface area contributed by atoms with Gasteiger partial charge in [-0.05, 0) is 44.4 Å². The summed E-state index contributed by atoms with van der Waals surface area (Å²) in [5.74, 6) is 0.730. The van der Waals surface area contributed by atoms with Gasteiger partial charge in [0, 0.05) is 24.8 Å². The minimum absolute atomic E-state index is 0.114. The first-order valence-corrected chi connectivity index (χ1v) is 6.55. The standard InChI is InChI=1S/C14H22N2O/c1-11-7-8-16(14(17)9-11)10-13(15-2)12-5-3-4-6-12/h7-9,12-13,15H,3-6,10H2,1-2H3. The molecule has 17 heavy (non-hydrogen) atoms. The van der Waals surface area contributed by atoms with Crippen molar-refractivity contribution >= 4 is 0 Å². The van der Waals surface area contributed by atoms with Crippen LogP contribution in [-0.2, 0) is 6.54 Å². The van der Waals surface area contributed by atoms with Gasteiger partial charge in [0.1, 0.15) is 0 Å². The zero-order valence-electron chi connectivity index (χ0n) is 10.8. The highest BCUT2D eigenvalue weighted by atomic mass is 16.1. The van der Waals surface area contributed by atoms with Crippen molar-refractivity contribution in [1.82, 2.24) is 9.88 Å². The number of nitrogens with zero attached hydrogens (tertiary/aromatic N) is 1. The highest BCUT2D eigenvalue weighted by molar-refractivity contribution is 5.08.